The summed E-state index contributed by atoms with van der Waals surface area (Å²) in [5.74, 6) is 0. The van der Waals surface area contributed by atoms with Gasteiger partial charge in [0.15, 0.2) is 0 Å². The highest BCUT2D eigenvalue weighted by Gasteiger charge is 1.93. The molecular formula is C39H84. The maximum atomic E-state index is 2.29. The molecule has 0 radical (unpaired) electrons. The van der Waals surface area contributed by atoms with Crippen LogP contribution in [0.3, 0.4) is 0 Å². The van der Waals surface area contributed by atoms with Crippen molar-refractivity contribution in [1.82, 2.24) is 0 Å². The standard InChI is InChI=1S/C14H30.C13H28.C12H26/c1-3-5-7-9-11-13-14-12-10-8-6-4-2;1-3-5-7-9-11-13-12-10-8-6-4-2;1-3-5-7-9-11-12-10-8-6-4-2/h3-14H2,1-2H3;3-13H2,1-2H3;3-12H2,1-2H3. The van der Waals surface area contributed by atoms with Crippen molar-refractivity contribution >= 4 is 0 Å². The number of hydrogen-bond acceptors (Lipinski definition) is 0. The smallest absolute Gasteiger partial charge is 0.0533 e. The van der Waals surface area contributed by atoms with Crippen molar-refractivity contribution in [1.29, 1.82) is 0 Å². The zero-order chi connectivity index (χ0) is 29.3. The van der Waals surface area contributed by atoms with E-state index in [9.17, 15) is 0 Å². The Morgan fingerprint density at radius 3 is 0.282 bits per heavy atom. The quantitative estimate of drug-likeness (QED) is 0.0777. The lowest BCUT2D eigenvalue weighted by atomic mass is 10.1. The SMILES string of the molecule is CCCCCCCCCCCC.CCCCCCCCCCCCC.CCCCCCCCCCCCCC. The Bertz CT molecular complexity index is 301. The Balaban J connectivity index is -0.000000500. The summed E-state index contributed by atoms with van der Waals surface area (Å²) >= 11 is 0. The highest BCUT2D eigenvalue weighted by atomic mass is 14.0. The molecule has 0 amide bonds. The normalized spacial score (nSPS) is 10.6. The zero-order valence-electron chi connectivity index (χ0n) is 29.3. The van der Waals surface area contributed by atoms with Gasteiger partial charge in [-0.05, 0) is 0 Å². The van der Waals surface area contributed by atoms with Crippen LogP contribution in [0, 0.1) is 0 Å². The minimum atomic E-state index is 1.37. The topological polar surface area (TPSA) is 0 Å². The molecule has 0 saturated carbocycles. The molecule has 0 atom stereocenters. The van der Waals surface area contributed by atoms with Gasteiger partial charge in [0.05, 0.1) is 0 Å². The van der Waals surface area contributed by atoms with Crippen molar-refractivity contribution in [3.8, 4) is 0 Å². The van der Waals surface area contributed by atoms with E-state index >= 15 is 0 Å². The Labute approximate surface area is 253 Å². The van der Waals surface area contributed by atoms with Crippen LogP contribution in [0.25, 0.3) is 0 Å². The van der Waals surface area contributed by atoms with Gasteiger partial charge < -0.3 is 0 Å². The fourth-order valence-electron chi connectivity index (χ4n) is 5.21. The molecule has 0 heteroatoms. The highest BCUT2D eigenvalue weighted by molar-refractivity contribution is 4.48. The van der Waals surface area contributed by atoms with Crippen molar-refractivity contribution in [2.45, 2.75) is 253 Å². The van der Waals surface area contributed by atoms with Crippen LogP contribution in [0.5, 0.6) is 0 Å². The maximum Gasteiger partial charge on any atom is -0.0533 e. The Hall–Kier alpha value is 0. The zero-order valence-corrected chi connectivity index (χ0v) is 29.3. The summed E-state index contributed by atoms with van der Waals surface area (Å²) in [5, 5.41) is 0. The average Bonchev–Trinajstić information content (AvgIpc) is 2.95. The molecule has 0 aromatic rings. The number of rotatable bonds is 30. The molecule has 0 nitrogen and oxygen atoms in total. The van der Waals surface area contributed by atoms with Gasteiger partial charge in [-0.2, -0.15) is 0 Å². The van der Waals surface area contributed by atoms with Crippen molar-refractivity contribution in [3.63, 3.8) is 0 Å². The molecule has 0 aromatic carbocycles. The monoisotopic (exact) mass is 553 g/mol. The van der Waals surface area contributed by atoms with Crippen molar-refractivity contribution in [3.05, 3.63) is 0 Å². The molecule has 0 aliphatic carbocycles. The van der Waals surface area contributed by atoms with E-state index in [0.29, 0.717) is 0 Å². The van der Waals surface area contributed by atoms with Crippen molar-refractivity contribution in [2.75, 3.05) is 0 Å². The molecule has 0 heterocycles. The third-order valence-corrected chi connectivity index (χ3v) is 8.12. The number of unbranched alkanes of at least 4 members (excludes halogenated alkanes) is 30. The fourth-order valence-corrected chi connectivity index (χ4v) is 5.21. The van der Waals surface area contributed by atoms with E-state index in [1.165, 1.54) is 212 Å². The first-order valence-corrected chi connectivity index (χ1v) is 19.2. The lowest BCUT2D eigenvalue weighted by Crippen LogP contribution is -1.81. The van der Waals surface area contributed by atoms with Crippen LogP contribution in [0.15, 0.2) is 0 Å². The second-order valence-corrected chi connectivity index (χ2v) is 12.5. The van der Waals surface area contributed by atoms with Gasteiger partial charge in [0, 0.05) is 0 Å². The summed E-state index contributed by atoms with van der Waals surface area (Å²) in [4.78, 5) is 0. The van der Waals surface area contributed by atoms with E-state index in [4.69, 9.17) is 0 Å². The Kier molecular flexibility index (Phi) is 53.2. The minimum Gasteiger partial charge on any atom is -0.0654 e. The molecule has 0 saturated heterocycles. The van der Waals surface area contributed by atoms with E-state index in [1.807, 2.05) is 0 Å². The van der Waals surface area contributed by atoms with E-state index in [0.717, 1.165) is 0 Å². The summed E-state index contributed by atoms with van der Waals surface area (Å²) in [5.41, 5.74) is 0. The van der Waals surface area contributed by atoms with Gasteiger partial charge in [-0.25, -0.2) is 0 Å². The van der Waals surface area contributed by atoms with E-state index in [2.05, 4.69) is 41.5 Å². The molecule has 39 heavy (non-hydrogen) atoms. The van der Waals surface area contributed by atoms with Crippen LogP contribution in [0.2, 0.25) is 0 Å². The van der Waals surface area contributed by atoms with Crippen LogP contribution in [-0.2, 0) is 0 Å². The van der Waals surface area contributed by atoms with E-state index in [-0.39, 0.29) is 0 Å². The first-order chi connectivity index (χ1) is 19.2. The Morgan fingerprint density at radius 1 is 0.128 bits per heavy atom. The van der Waals surface area contributed by atoms with Crippen LogP contribution in [-0.4, -0.2) is 0 Å². The first-order valence-electron chi connectivity index (χ1n) is 19.2. The molecule has 0 rings (SSSR count). The third-order valence-electron chi connectivity index (χ3n) is 8.12. The summed E-state index contributed by atoms with van der Waals surface area (Å²) in [6, 6.07) is 0. The minimum absolute atomic E-state index is 1.37. The van der Waals surface area contributed by atoms with Crippen LogP contribution in [0.4, 0.5) is 0 Å². The molecule has 240 valence electrons. The van der Waals surface area contributed by atoms with Crippen LogP contribution < -0.4 is 0 Å². The van der Waals surface area contributed by atoms with Crippen molar-refractivity contribution in [2.24, 2.45) is 0 Å². The lowest BCUT2D eigenvalue weighted by Gasteiger charge is -2.01. The summed E-state index contributed by atoms with van der Waals surface area (Å²) in [6.45, 7) is 13.7. The molecular weight excluding hydrogens is 468 g/mol. The largest absolute Gasteiger partial charge is 0.0654 e. The summed E-state index contributed by atoms with van der Waals surface area (Å²) < 4.78 is 0. The maximum absolute atomic E-state index is 2.29. The molecule has 0 N–H and O–H groups in total. The summed E-state index contributed by atoms with van der Waals surface area (Å²) in [6.07, 6.45) is 47.8. The van der Waals surface area contributed by atoms with Gasteiger partial charge in [0.25, 0.3) is 0 Å². The van der Waals surface area contributed by atoms with Gasteiger partial charge in [-0.1, -0.05) is 253 Å². The van der Waals surface area contributed by atoms with Gasteiger partial charge >= 0.3 is 0 Å². The van der Waals surface area contributed by atoms with Crippen molar-refractivity contribution < 1.29 is 0 Å². The van der Waals surface area contributed by atoms with E-state index in [1.54, 1.807) is 0 Å². The lowest BCUT2D eigenvalue weighted by molar-refractivity contribution is 0.548. The first kappa shape index (κ1) is 43.5. The number of hydrogen-bond donors (Lipinski definition) is 0. The van der Waals surface area contributed by atoms with Crippen LogP contribution in [0.1, 0.15) is 253 Å². The predicted octanol–water partition coefficient (Wildman–Crippen LogP) is 16.0. The third kappa shape index (κ3) is 54.7. The van der Waals surface area contributed by atoms with Gasteiger partial charge in [0.2, 0.25) is 0 Å². The van der Waals surface area contributed by atoms with Gasteiger partial charge in [-0.3, -0.25) is 0 Å². The second kappa shape index (κ2) is 47.8. The van der Waals surface area contributed by atoms with Crippen LogP contribution >= 0.6 is 0 Å². The van der Waals surface area contributed by atoms with E-state index < -0.39 is 0 Å². The molecule has 0 bridgehead atoms. The molecule has 0 fully saturated rings. The molecule has 0 aliphatic rings. The molecule has 0 aliphatic heterocycles. The summed E-state index contributed by atoms with van der Waals surface area (Å²) in [7, 11) is 0. The van der Waals surface area contributed by atoms with Gasteiger partial charge in [-0.15, -0.1) is 0 Å². The molecule has 0 aromatic heterocycles. The highest BCUT2D eigenvalue weighted by Crippen LogP contribution is 2.13. The Morgan fingerprint density at radius 2 is 0.205 bits per heavy atom. The van der Waals surface area contributed by atoms with Gasteiger partial charge in [0.1, 0.15) is 0 Å². The predicted molar refractivity (Wildman–Crippen MR) is 186 cm³/mol. The fraction of sp³-hybridized carbons (Fsp3) is 1.00. The molecule has 0 spiro atoms. The molecule has 0 unspecified atom stereocenters. The second-order valence-electron chi connectivity index (χ2n) is 12.5. The average molecular weight is 553 g/mol.